The molecule has 0 aliphatic rings. The Balaban J connectivity index is 0.000000438. The van der Waals surface area contributed by atoms with Crippen molar-refractivity contribution in [2.45, 2.75) is 18.2 Å². The number of benzene rings is 1. The van der Waals surface area contributed by atoms with Gasteiger partial charge in [-0.05, 0) is 11.6 Å². The minimum atomic E-state index is -2.27. The van der Waals surface area contributed by atoms with Gasteiger partial charge in [0.15, 0.2) is 12.2 Å². The van der Waals surface area contributed by atoms with E-state index < -0.39 is 36.2 Å². The summed E-state index contributed by atoms with van der Waals surface area (Å²) in [7, 11) is 1.29. The number of carbonyl (C=O) groups excluding carboxylic acids is 1. The van der Waals surface area contributed by atoms with Crippen molar-refractivity contribution in [2.75, 3.05) is 7.11 Å². The summed E-state index contributed by atoms with van der Waals surface area (Å²) in [6, 6.07) is 6.11. The molecule has 1 rings (SSSR count). The summed E-state index contributed by atoms with van der Waals surface area (Å²) in [4.78, 5) is 30.6. The van der Waals surface area contributed by atoms with Gasteiger partial charge >= 0.3 is 17.9 Å². The Hall–Kier alpha value is -2.20. The average molecular weight is 350 g/mol. The van der Waals surface area contributed by atoms with Crippen molar-refractivity contribution in [3.63, 3.8) is 0 Å². The van der Waals surface area contributed by atoms with Crippen LogP contribution in [0.4, 0.5) is 0 Å². The number of esters is 1. The molecule has 6 N–H and O–H groups in total. The molecular weight excluding hydrogens is 334 g/mol. The fourth-order valence-electron chi connectivity index (χ4n) is 1.25. The number of halogens is 1. The number of rotatable bonds is 5. The van der Waals surface area contributed by atoms with E-state index in [0.29, 0.717) is 10.6 Å². The van der Waals surface area contributed by atoms with Crippen LogP contribution >= 0.6 is 11.6 Å². The number of hydrogen-bond acceptors (Lipinski definition) is 7. The highest BCUT2D eigenvalue weighted by Crippen LogP contribution is 2.21. The standard InChI is InChI=1S/C9H10ClNO2.C4H6O6/c1-13-9(12)8(11)6-4-2-3-5-7(6)10;5-1(3(7)8)2(6)4(9)10/h2-5,8H,11H2,1H3;1-2,5-6H,(H,7,8)(H,9,10)/t8-;1-,2-/m01/s1. The molecule has 1 aromatic rings. The topological polar surface area (TPSA) is 167 Å². The molecule has 0 fully saturated rings. The first-order chi connectivity index (χ1) is 10.6. The third-order valence-electron chi connectivity index (χ3n) is 2.50. The van der Waals surface area contributed by atoms with Gasteiger partial charge < -0.3 is 30.9 Å². The molecule has 0 saturated carbocycles. The van der Waals surface area contributed by atoms with E-state index in [4.69, 9.17) is 37.8 Å². The number of aliphatic hydroxyl groups is 2. The highest BCUT2D eigenvalue weighted by Gasteiger charge is 2.29. The van der Waals surface area contributed by atoms with Crippen LogP contribution in [0.15, 0.2) is 24.3 Å². The quantitative estimate of drug-likeness (QED) is 0.435. The first kappa shape index (κ1) is 20.8. The minimum Gasteiger partial charge on any atom is -0.479 e. The second-order valence-corrected chi connectivity index (χ2v) is 4.50. The Morgan fingerprint density at radius 2 is 1.52 bits per heavy atom. The Kier molecular flexibility index (Phi) is 8.81. The van der Waals surface area contributed by atoms with Crippen molar-refractivity contribution in [3.8, 4) is 0 Å². The number of carboxylic acid groups (broad SMARTS) is 2. The summed E-state index contributed by atoms with van der Waals surface area (Å²) in [5.41, 5.74) is 6.17. The number of carboxylic acids is 2. The number of ether oxygens (including phenoxy) is 1. The van der Waals surface area contributed by atoms with E-state index >= 15 is 0 Å². The molecule has 0 saturated heterocycles. The SMILES string of the molecule is COC(=O)[C@@H](N)c1ccccc1Cl.O=C(O)[C@H](O)[C@@H](O)C(=O)O. The maximum atomic E-state index is 11.1. The van der Waals surface area contributed by atoms with E-state index in [0.717, 1.165) is 0 Å². The second kappa shape index (κ2) is 9.74. The lowest BCUT2D eigenvalue weighted by Crippen LogP contribution is -2.39. The molecule has 0 bridgehead atoms. The lowest BCUT2D eigenvalue weighted by atomic mass is 10.1. The maximum absolute atomic E-state index is 11.1. The lowest BCUT2D eigenvalue weighted by molar-refractivity contribution is -0.165. The number of methoxy groups -OCH3 is 1. The van der Waals surface area contributed by atoms with Crippen molar-refractivity contribution < 1.29 is 39.5 Å². The van der Waals surface area contributed by atoms with E-state index in [2.05, 4.69) is 4.74 Å². The predicted molar refractivity (Wildman–Crippen MR) is 77.7 cm³/mol. The first-order valence-corrected chi connectivity index (χ1v) is 6.40. The lowest BCUT2D eigenvalue weighted by Gasteiger charge is -2.10. The summed E-state index contributed by atoms with van der Waals surface area (Å²) < 4.78 is 4.50. The van der Waals surface area contributed by atoms with Gasteiger partial charge in [0.25, 0.3) is 0 Å². The second-order valence-electron chi connectivity index (χ2n) is 4.09. The van der Waals surface area contributed by atoms with Gasteiger partial charge in [0.2, 0.25) is 0 Å². The highest BCUT2D eigenvalue weighted by molar-refractivity contribution is 6.31. The average Bonchev–Trinajstić information content (AvgIpc) is 2.52. The monoisotopic (exact) mass is 349 g/mol. The van der Waals surface area contributed by atoms with Gasteiger partial charge in [-0.2, -0.15) is 0 Å². The van der Waals surface area contributed by atoms with Crippen LogP contribution < -0.4 is 5.73 Å². The van der Waals surface area contributed by atoms with Crippen molar-refractivity contribution in [1.29, 1.82) is 0 Å². The Morgan fingerprint density at radius 3 is 1.87 bits per heavy atom. The zero-order chi connectivity index (χ0) is 18.2. The number of nitrogens with two attached hydrogens (primary N) is 1. The zero-order valence-electron chi connectivity index (χ0n) is 11.9. The van der Waals surface area contributed by atoms with Gasteiger partial charge in [-0.1, -0.05) is 29.8 Å². The normalized spacial score (nSPS) is 13.8. The largest absolute Gasteiger partial charge is 0.479 e. The molecule has 1 aromatic carbocycles. The number of aliphatic hydroxyl groups excluding tert-OH is 2. The van der Waals surface area contributed by atoms with E-state index in [1.54, 1.807) is 24.3 Å². The molecule has 3 atom stereocenters. The molecule has 9 nitrogen and oxygen atoms in total. The van der Waals surface area contributed by atoms with Crippen molar-refractivity contribution in [3.05, 3.63) is 34.9 Å². The summed E-state index contributed by atoms with van der Waals surface area (Å²) in [5.74, 6) is -4.03. The number of hydrogen-bond donors (Lipinski definition) is 5. The van der Waals surface area contributed by atoms with Crippen LogP contribution in [0.5, 0.6) is 0 Å². The van der Waals surface area contributed by atoms with Crippen molar-refractivity contribution in [2.24, 2.45) is 5.73 Å². The zero-order valence-corrected chi connectivity index (χ0v) is 12.7. The van der Waals surface area contributed by atoms with E-state index in [9.17, 15) is 14.4 Å². The van der Waals surface area contributed by atoms with Crippen LogP contribution in [0, 0.1) is 0 Å². The molecule has 0 spiro atoms. The van der Waals surface area contributed by atoms with Gasteiger partial charge in [-0.25, -0.2) is 9.59 Å². The molecule has 128 valence electrons. The summed E-state index contributed by atoms with van der Waals surface area (Å²) >= 11 is 5.83. The van der Waals surface area contributed by atoms with Crippen LogP contribution in [-0.2, 0) is 19.1 Å². The number of aliphatic carboxylic acids is 2. The van der Waals surface area contributed by atoms with Crippen molar-refractivity contribution in [1.82, 2.24) is 0 Å². The fourth-order valence-corrected chi connectivity index (χ4v) is 1.50. The van der Waals surface area contributed by atoms with Gasteiger partial charge in [0, 0.05) is 5.02 Å². The molecule has 10 heteroatoms. The van der Waals surface area contributed by atoms with E-state index in [1.807, 2.05) is 0 Å². The molecule has 0 radical (unpaired) electrons. The van der Waals surface area contributed by atoms with E-state index in [-0.39, 0.29) is 0 Å². The molecule has 0 amide bonds. The van der Waals surface area contributed by atoms with Crippen molar-refractivity contribution >= 4 is 29.5 Å². The Bertz CT molecular complexity index is 547. The molecule has 0 aromatic heterocycles. The van der Waals surface area contributed by atoms with Gasteiger partial charge in [0.1, 0.15) is 6.04 Å². The molecule has 0 aliphatic carbocycles. The highest BCUT2D eigenvalue weighted by atomic mass is 35.5. The molecule has 23 heavy (non-hydrogen) atoms. The van der Waals surface area contributed by atoms with Crippen LogP contribution in [0.2, 0.25) is 5.02 Å². The molecule has 0 heterocycles. The predicted octanol–water partition coefficient (Wildman–Crippen LogP) is -0.610. The Labute approximate surface area is 135 Å². The van der Waals surface area contributed by atoms with Crippen LogP contribution in [0.3, 0.4) is 0 Å². The smallest absolute Gasteiger partial charge is 0.335 e. The summed E-state index contributed by atoms with van der Waals surface area (Å²) in [6.07, 6.45) is -4.53. The molecule has 0 aliphatic heterocycles. The van der Waals surface area contributed by atoms with Crippen LogP contribution in [0.1, 0.15) is 11.6 Å². The van der Waals surface area contributed by atoms with Gasteiger partial charge in [-0.15, -0.1) is 0 Å². The fraction of sp³-hybridized carbons (Fsp3) is 0.308. The third kappa shape index (κ3) is 6.61. The first-order valence-electron chi connectivity index (χ1n) is 6.03. The molecule has 0 unspecified atom stereocenters. The van der Waals surface area contributed by atoms with Crippen LogP contribution in [-0.4, -0.2) is 57.7 Å². The minimum absolute atomic E-state index is 0.473. The van der Waals surface area contributed by atoms with Gasteiger partial charge in [0.05, 0.1) is 7.11 Å². The summed E-state index contributed by atoms with van der Waals surface area (Å²) in [6.45, 7) is 0. The number of carbonyl (C=O) groups is 3. The van der Waals surface area contributed by atoms with Gasteiger partial charge in [-0.3, -0.25) is 4.79 Å². The third-order valence-corrected chi connectivity index (χ3v) is 2.84. The summed E-state index contributed by atoms with van der Waals surface area (Å²) in [5, 5.41) is 33.0. The Morgan fingerprint density at radius 1 is 1.09 bits per heavy atom. The van der Waals surface area contributed by atoms with E-state index in [1.165, 1.54) is 7.11 Å². The molecular formula is C13H16ClNO8. The van der Waals surface area contributed by atoms with Crippen LogP contribution in [0.25, 0.3) is 0 Å². The maximum Gasteiger partial charge on any atom is 0.335 e.